The van der Waals surface area contributed by atoms with E-state index in [1.165, 1.54) is 51.4 Å². The van der Waals surface area contributed by atoms with Crippen LogP contribution < -0.4 is 9.05 Å². The lowest BCUT2D eigenvalue weighted by molar-refractivity contribution is -0.00330. The second-order valence-corrected chi connectivity index (χ2v) is 27.0. The summed E-state index contributed by atoms with van der Waals surface area (Å²) in [6, 6.07) is 26.2. The highest BCUT2D eigenvalue weighted by molar-refractivity contribution is 8.00. The summed E-state index contributed by atoms with van der Waals surface area (Å²) in [5.41, 5.74) is 0. The molecular weight excluding hydrogens is 911 g/mol. The molecular formula is C60H88O6P2S. The molecule has 0 bridgehead atoms. The lowest BCUT2D eigenvalue weighted by Crippen LogP contribution is -2.36. The van der Waals surface area contributed by atoms with Gasteiger partial charge in [-0.25, -0.2) is 0 Å². The SMILES string of the molecule is CC(C)C1CC[C@@H](C)C[C@H]1OP(Oc1ccc2ccccc2c1Sc1c(OP(O[C@@H]2C[C@H](C)CCC2C(C)C)O[C@@H]2C[C@H](C)CC[C@H]2C(C)C)ccc2ccccc12)O[C@@H]1C[C@H](C)CC[C@H]1C(C)C. The second kappa shape index (κ2) is 24.4. The molecule has 69 heavy (non-hydrogen) atoms. The zero-order valence-electron chi connectivity index (χ0n) is 44.4. The van der Waals surface area contributed by atoms with Crippen LogP contribution in [0, 0.1) is 71.0 Å². The van der Waals surface area contributed by atoms with E-state index in [0.717, 1.165) is 68.5 Å². The van der Waals surface area contributed by atoms with Gasteiger partial charge in [0.1, 0.15) is 11.5 Å². The van der Waals surface area contributed by atoms with E-state index >= 15 is 0 Å². The molecule has 9 heteroatoms. The van der Waals surface area contributed by atoms with Gasteiger partial charge in [-0.05, 0) is 156 Å². The smallest absolute Gasteiger partial charge is 0.397 e. The molecule has 6 nitrogen and oxygen atoms in total. The third-order valence-corrected chi connectivity index (χ3v) is 20.7. The van der Waals surface area contributed by atoms with E-state index in [1.807, 2.05) is 0 Å². The van der Waals surface area contributed by atoms with Gasteiger partial charge in [-0.2, -0.15) is 0 Å². The highest BCUT2D eigenvalue weighted by Crippen LogP contribution is 2.57. The summed E-state index contributed by atoms with van der Waals surface area (Å²) in [6.45, 7) is 28.4. The van der Waals surface area contributed by atoms with E-state index < -0.39 is 17.2 Å². The normalized spacial score (nSPS) is 31.2. The topological polar surface area (TPSA) is 55.4 Å². The molecule has 380 valence electrons. The van der Waals surface area contributed by atoms with Crippen molar-refractivity contribution < 1.29 is 27.1 Å². The van der Waals surface area contributed by atoms with Crippen LogP contribution in [0.4, 0.5) is 0 Å². The second-order valence-electron chi connectivity index (χ2n) is 23.8. The van der Waals surface area contributed by atoms with Crippen LogP contribution in [-0.2, 0) is 18.1 Å². The fraction of sp³-hybridized carbons (Fsp3) is 0.667. The van der Waals surface area contributed by atoms with Crippen LogP contribution in [0.5, 0.6) is 11.5 Å². The van der Waals surface area contributed by atoms with Crippen molar-refractivity contribution >= 4 is 50.5 Å². The fourth-order valence-corrected chi connectivity index (χ4v) is 16.7. The van der Waals surface area contributed by atoms with Gasteiger partial charge in [0.15, 0.2) is 0 Å². The van der Waals surface area contributed by atoms with Crippen molar-refractivity contribution in [1.82, 2.24) is 0 Å². The first kappa shape index (κ1) is 53.3. The van der Waals surface area contributed by atoms with E-state index in [0.29, 0.717) is 71.0 Å². The van der Waals surface area contributed by atoms with Crippen molar-refractivity contribution in [3.05, 3.63) is 72.8 Å². The number of benzene rings is 4. The first-order valence-electron chi connectivity index (χ1n) is 27.5. The molecule has 4 aromatic carbocycles. The predicted octanol–water partition coefficient (Wildman–Crippen LogP) is 19.3. The molecule has 0 spiro atoms. The van der Waals surface area contributed by atoms with Crippen molar-refractivity contribution in [3.63, 3.8) is 0 Å². The third-order valence-electron chi connectivity index (χ3n) is 17.0. The molecule has 0 aliphatic heterocycles. The van der Waals surface area contributed by atoms with Gasteiger partial charge < -0.3 is 9.05 Å². The number of fused-ring (bicyclic) bond motifs is 2. The Morgan fingerprint density at radius 3 is 0.971 bits per heavy atom. The van der Waals surface area contributed by atoms with Crippen LogP contribution in [0.15, 0.2) is 82.6 Å². The largest absolute Gasteiger partial charge is 0.426 e. The maximum absolute atomic E-state index is 7.39. The Morgan fingerprint density at radius 2 is 0.681 bits per heavy atom. The van der Waals surface area contributed by atoms with Crippen LogP contribution in [0.1, 0.15) is 160 Å². The van der Waals surface area contributed by atoms with E-state index in [4.69, 9.17) is 27.1 Å². The first-order chi connectivity index (χ1) is 33.1. The summed E-state index contributed by atoms with van der Waals surface area (Å²) in [6.07, 6.45) is 14.1. The Hall–Kier alpha value is -1.95. The quantitative estimate of drug-likeness (QED) is 0.0921. The average Bonchev–Trinajstić information content (AvgIpc) is 3.30. The maximum Gasteiger partial charge on any atom is 0.397 e. The molecule has 4 fully saturated rings. The van der Waals surface area contributed by atoms with Gasteiger partial charge in [-0.1, -0.05) is 181 Å². The molecule has 4 aliphatic carbocycles. The van der Waals surface area contributed by atoms with Crippen molar-refractivity contribution in [3.8, 4) is 11.5 Å². The van der Waals surface area contributed by atoms with Crippen LogP contribution >= 0.6 is 29.0 Å². The van der Waals surface area contributed by atoms with Crippen molar-refractivity contribution in [2.24, 2.45) is 71.0 Å². The van der Waals surface area contributed by atoms with Crippen molar-refractivity contribution in [2.75, 3.05) is 0 Å². The fourth-order valence-electron chi connectivity index (χ4n) is 12.6. The van der Waals surface area contributed by atoms with E-state index in [-0.39, 0.29) is 24.4 Å². The maximum atomic E-state index is 7.39. The van der Waals surface area contributed by atoms with E-state index in [2.05, 4.69) is 156 Å². The lowest BCUT2D eigenvalue weighted by atomic mass is 9.75. The average molecular weight is 999 g/mol. The summed E-state index contributed by atoms with van der Waals surface area (Å²) < 4.78 is 44.1. The van der Waals surface area contributed by atoms with Crippen LogP contribution in [0.2, 0.25) is 0 Å². The molecule has 4 aromatic rings. The van der Waals surface area contributed by atoms with Gasteiger partial charge in [0, 0.05) is 0 Å². The molecule has 4 saturated carbocycles. The molecule has 0 radical (unpaired) electrons. The van der Waals surface area contributed by atoms with Gasteiger partial charge in [0.25, 0.3) is 0 Å². The zero-order valence-corrected chi connectivity index (χ0v) is 47.0. The Labute approximate surface area is 425 Å². The van der Waals surface area contributed by atoms with Gasteiger partial charge in [-0.15, -0.1) is 0 Å². The van der Waals surface area contributed by atoms with Crippen molar-refractivity contribution in [1.29, 1.82) is 0 Å². The van der Waals surface area contributed by atoms with Gasteiger partial charge in [0.2, 0.25) is 0 Å². The molecule has 0 N–H and O–H groups in total. The summed E-state index contributed by atoms with van der Waals surface area (Å²) in [5, 5.41) is 4.59. The van der Waals surface area contributed by atoms with Crippen molar-refractivity contribution in [2.45, 2.75) is 194 Å². The number of hydrogen-bond acceptors (Lipinski definition) is 7. The van der Waals surface area contributed by atoms with E-state index in [9.17, 15) is 0 Å². The summed E-state index contributed by atoms with van der Waals surface area (Å²) in [4.78, 5) is 2.08. The van der Waals surface area contributed by atoms with Gasteiger partial charge >= 0.3 is 17.2 Å². The highest BCUT2D eigenvalue weighted by atomic mass is 32.2. The molecule has 0 saturated heterocycles. The first-order valence-corrected chi connectivity index (χ1v) is 30.5. The Balaban J connectivity index is 1.20. The van der Waals surface area contributed by atoms with Crippen LogP contribution in [0.25, 0.3) is 21.5 Å². The molecule has 8 rings (SSSR count). The number of rotatable bonds is 18. The van der Waals surface area contributed by atoms with Crippen LogP contribution in [-0.4, -0.2) is 24.4 Å². The Kier molecular flexibility index (Phi) is 18.9. The molecule has 14 atom stereocenters. The minimum absolute atomic E-state index is 0.0807. The minimum Gasteiger partial charge on any atom is -0.426 e. The summed E-state index contributed by atoms with van der Waals surface area (Å²) >= 11 is 1.74. The number of hydrogen-bond donors (Lipinski definition) is 0. The molecule has 4 unspecified atom stereocenters. The highest BCUT2D eigenvalue weighted by Gasteiger charge is 2.42. The summed E-state index contributed by atoms with van der Waals surface area (Å²) in [5.74, 6) is 7.91. The minimum atomic E-state index is -1.75. The lowest BCUT2D eigenvalue weighted by Gasteiger charge is -2.41. The predicted molar refractivity (Wildman–Crippen MR) is 292 cm³/mol. The van der Waals surface area contributed by atoms with Gasteiger partial charge in [-0.3, -0.25) is 18.1 Å². The Bertz CT molecular complexity index is 2030. The van der Waals surface area contributed by atoms with E-state index in [1.54, 1.807) is 11.8 Å². The molecule has 0 heterocycles. The standard InChI is InChI=1S/C60H88O6P2S/c1-37(2)47-27-21-41(9)33-55(47)63-67(64-56-34-42(10)22-28-48(56)38(3)4)61-53-31-25-45-17-13-15-19-51(45)59(53)69-60-52-20-16-14-18-46(52)26-32-54(60)62-68(65-57-35-43(11)23-29-49(57)39(5)6)66-58-36-44(12)24-30-50(58)40(7)8/h13-20,25-26,31-32,37-44,47-50,55-58H,21-24,27-30,33-36H2,1-12H3/t41-,42-,43-,44-,47+,48?,49+,50?,55-,56-,57-,58-,67?,68?/m1/s1. The van der Waals surface area contributed by atoms with Gasteiger partial charge in [0.05, 0.1) is 34.2 Å². The molecule has 4 aliphatic rings. The zero-order chi connectivity index (χ0) is 48.9. The van der Waals surface area contributed by atoms with Crippen LogP contribution in [0.3, 0.4) is 0 Å². The molecule has 0 aromatic heterocycles. The third kappa shape index (κ3) is 13.4. The Morgan fingerprint density at radius 1 is 0.391 bits per heavy atom. The molecule has 0 amide bonds. The summed E-state index contributed by atoms with van der Waals surface area (Å²) in [7, 11) is -3.51. The monoisotopic (exact) mass is 999 g/mol.